The third-order valence-electron chi connectivity index (χ3n) is 4.14. The minimum atomic E-state index is -0.394. The van der Waals surface area contributed by atoms with Gasteiger partial charge in [0.25, 0.3) is 0 Å². The molecule has 110 valence electrons. The van der Waals surface area contributed by atoms with Crippen LogP contribution in [-0.2, 0) is 9.31 Å². The molecule has 0 atom stereocenters. The maximum Gasteiger partial charge on any atom is 0.496 e. The summed E-state index contributed by atoms with van der Waals surface area (Å²) in [7, 11) is -0.394. The van der Waals surface area contributed by atoms with Crippen molar-refractivity contribution in [3.05, 3.63) is 30.2 Å². The van der Waals surface area contributed by atoms with Gasteiger partial charge >= 0.3 is 7.12 Å². The smallest absolute Gasteiger partial charge is 0.399 e. The standard InChI is InChI=1S/C14H19BN4O2/c1-10-9-19(18-17-10)12-7-6-11(8-16-12)15-20-13(2,3)14(4,5)21-15/h6-9H,1-5H3. The van der Waals surface area contributed by atoms with Gasteiger partial charge in [0.05, 0.1) is 23.1 Å². The minimum absolute atomic E-state index is 0.348. The number of rotatable bonds is 2. The molecule has 1 fully saturated rings. The van der Waals surface area contributed by atoms with Crippen molar-refractivity contribution >= 4 is 12.6 Å². The zero-order valence-corrected chi connectivity index (χ0v) is 13.0. The second-order valence-corrected chi connectivity index (χ2v) is 6.34. The van der Waals surface area contributed by atoms with E-state index in [1.807, 2.05) is 52.9 Å². The second kappa shape index (κ2) is 4.64. The van der Waals surface area contributed by atoms with E-state index in [4.69, 9.17) is 9.31 Å². The van der Waals surface area contributed by atoms with Gasteiger partial charge < -0.3 is 9.31 Å². The van der Waals surface area contributed by atoms with E-state index < -0.39 is 7.12 Å². The highest BCUT2D eigenvalue weighted by Crippen LogP contribution is 2.36. The van der Waals surface area contributed by atoms with Crippen molar-refractivity contribution in [2.75, 3.05) is 0 Å². The third kappa shape index (κ3) is 2.47. The Labute approximate surface area is 124 Å². The molecule has 0 saturated carbocycles. The van der Waals surface area contributed by atoms with Gasteiger partial charge in [0.15, 0.2) is 5.82 Å². The Morgan fingerprint density at radius 3 is 2.24 bits per heavy atom. The summed E-state index contributed by atoms with van der Waals surface area (Å²) in [5.74, 6) is 0.718. The van der Waals surface area contributed by atoms with Crippen molar-refractivity contribution in [3.63, 3.8) is 0 Å². The van der Waals surface area contributed by atoms with E-state index >= 15 is 0 Å². The van der Waals surface area contributed by atoms with Crippen LogP contribution in [0.5, 0.6) is 0 Å². The molecule has 0 unspecified atom stereocenters. The highest BCUT2D eigenvalue weighted by atomic mass is 16.7. The van der Waals surface area contributed by atoms with Crippen molar-refractivity contribution in [1.29, 1.82) is 0 Å². The van der Waals surface area contributed by atoms with E-state index in [2.05, 4.69) is 15.3 Å². The second-order valence-electron chi connectivity index (χ2n) is 6.34. The van der Waals surface area contributed by atoms with Crippen LogP contribution in [0, 0.1) is 6.92 Å². The Kier molecular flexibility index (Phi) is 3.14. The van der Waals surface area contributed by atoms with Crippen LogP contribution < -0.4 is 5.46 Å². The molecule has 0 bridgehead atoms. The zero-order valence-electron chi connectivity index (χ0n) is 13.0. The Bertz CT molecular complexity index is 635. The van der Waals surface area contributed by atoms with Crippen LogP contribution in [0.3, 0.4) is 0 Å². The highest BCUT2D eigenvalue weighted by Gasteiger charge is 2.51. The molecular formula is C14H19BN4O2. The third-order valence-corrected chi connectivity index (χ3v) is 4.14. The maximum absolute atomic E-state index is 6.00. The Morgan fingerprint density at radius 2 is 1.76 bits per heavy atom. The first-order valence-corrected chi connectivity index (χ1v) is 6.99. The number of hydrogen-bond donors (Lipinski definition) is 0. The fraction of sp³-hybridized carbons (Fsp3) is 0.500. The lowest BCUT2D eigenvalue weighted by Gasteiger charge is -2.32. The van der Waals surface area contributed by atoms with Crippen LogP contribution in [0.15, 0.2) is 24.5 Å². The molecule has 3 heterocycles. The lowest BCUT2D eigenvalue weighted by atomic mass is 9.80. The quantitative estimate of drug-likeness (QED) is 0.778. The molecule has 1 aliphatic heterocycles. The molecule has 2 aromatic heterocycles. The van der Waals surface area contributed by atoms with Crippen LogP contribution in [0.2, 0.25) is 0 Å². The van der Waals surface area contributed by atoms with Gasteiger partial charge in [-0.15, -0.1) is 5.10 Å². The largest absolute Gasteiger partial charge is 0.496 e. The van der Waals surface area contributed by atoms with Gasteiger partial charge in [-0.1, -0.05) is 11.3 Å². The van der Waals surface area contributed by atoms with Crippen molar-refractivity contribution in [2.24, 2.45) is 0 Å². The topological polar surface area (TPSA) is 62.1 Å². The molecule has 0 radical (unpaired) electrons. The van der Waals surface area contributed by atoms with Gasteiger partial charge in [-0.05, 0) is 40.7 Å². The van der Waals surface area contributed by atoms with Crippen LogP contribution in [0.1, 0.15) is 33.4 Å². The zero-order chi connectivity index (χ0) is 15.3. The molecule has 1 aliphatic rings. The molecule has 0 aliphatic carbocycles. The van der Waals surface area contributed by atoms with E-state index in [1.165, 1.54) is 0 Å². The first kappa shape index (κ1) is 14.2. The molecule has 7 heteroatoms. The number of pyridine rings is 1. The van der Waals surface area contributed by atoms with E-state index in [-0.39, 0.29) is 11.2 Å². The molecule has 3 rings (SSSR count). The first-order chi connectivity index (χ1) is 9.78. The average Bonchev–Trinajstić information content (AvgIpc) is 2.92. The average molecular weight is 286 g/mol. The summed E-state index contributed by atoms with van der Waals surface area (Å²) in [6.45, 7) is 10.0. The fourth-order valence-electron chi connectivity index (χ4n) is 2.11. The molecule has 1 saturated heterocycles. The number of aromatic nitrogens is 4. The summed E-state index contributed by atoms with van der Waals surface area (Å²) in [5, 5.41) is 7.96. The number of aryl methyl sites for hydroxylation is 1. The minimum Gasteiger partial charge on any atom is -0.399 e. The maximum atomic E-state index is 6.00. The summed E-state index contributed by atoms with van der Waals surface area (Å²) in [4.78, 5) is 4.40. The van der Waals surface area contributed by atoms with Crippen LogP contribution >= 0.6 is 0 Å². The molecule has 0 amide bonds. The monoisotopic (exact) mass is 286 g/mol. The molecule has 2 aromatic rings. The van der Waals surface area contributed by atoms with Crippen molar-refractivity contribution in [3.8, 4) is 5.82 Å². The van der Waals surface area contributed by atoms with E-state index in [1.54, 1.807) is 10.9 Å². The van der Waals surface area contributed by atoms with E-state index in [9.17, 15) is 0 Å². The lowest BCUT2D eigenvalue weighted by molar-refractivity contribution is 0.00578. The van der Waals surface area contributed by atoms with E-state index in [0.717, 1.165) is 17.0 Å². The normalized spacial score (nSPS) is 20.0. The molecule has 0 spiro atoms. The summed E-state index contributed by atoms with van der Waals surface area (Å²) in [6, 6.07) is 3.83. The summed E-state index contributed by atoms with van der Waals surface area (Å²) < 4.78 is 13.6. The fourth-order valence-corrected chi connectivity index (χ4v) is 2.11. The number of nitrogens with zero attached hydrogens (tertiary/aromatic N) is 4. The van der Waals surface area contributed by atoms with Gasteiger partial charge in [0, 0.05) is 11.7 Å². The van der Waals surface area contributed by atoms with Crippen molar-refractivity contribution in [1.82, 2.24) is 20.0 Å². The van der Waals surface area contributed by atoms with Gasteiger partial charge in [0.2, 0.25) is 0 Å². The Morgan fingerprint density at radius 1 is 1.10 bits per heavy atom. The molecule has 21 heavy (non-hydrogen) atoms. The molecule has 0 N–H and O–H groups in total. The summed E-state index contributed by atoms with van der Waals surface area (Å²) in [6.07, 6.45) is 3.59. The van der Waals surface area contributed by atoms with Crippen LogP contribution in [0.25, 0.3) is 5.82 Å². The predicted octanol–water partition coefficient (Wildman–Crippen LogP) is 1.27. The summed E-state index contributed by atoms with van der Waals surface area (Å²) >= 11 is 0. The van der Waals surface area contributed by atoms with Gasteiger partial charge in [0.1, 0.15) is 0 Å². The lowest BCUT2D eigenvalue weighted by Crippen LogP contribution is -2.41. The summed E-state index contributed by atoms with van der Waals surface area (Å²) in [5.41, 5.74) is 1.06. The van der Waals surface area contributed by atoms with Gasteiger partial charge in [-0.3, -0.25) is 0 Å². The van der Waals surface area contributed by atoms with Gasteiger partial charge in [-0.2, -0.15) is 0 Å². The molecule has 6 nitrogen and oxygen atoms in total. The molecule has 0 aromatic carbocycles. The van der Waals surface area contributed by atoms with Crippen LogP contribution in [0.4, 0.5) is 0 Å². The van der Waals surface area contributed by atoms with E-state index in [0.29, 0.717) is 0 Å². The van der Waals surface area contributed by atoms with Gasteiger partial charge in [-0.25, -0.2) is 9.67 Å². The van der Waals surface area contributed by atoms with Crippen molar-refractivity contribution < 1.29 is 9.31 Å². The van der Waals surface area contributed by atoms with Crippen LogP contribution in [-0.4, -0.2) is 38.3 Å². The Hall–Kier alpha value is -1.73. The van der Waals surface area contributed by atoms with Crippen molar-refractivity contribution in [2.45, 2.75) is 45.8 Å². The Balaban J connectivity index is 1.83. The highest BCUT2D eigenvalue weighted by molar-refractivity contribution is 6.62. The first-order valence-electron chi connectivity index (χ1n) is 6.99. The predicted molar refractivity (Wildman–Crippen MR) is 79.6 cm³/mol. The SMILES string of the molecule is Cc1cn(-c2ccc(B3OC(C)(C)C(C)(C)O3)cn2)nn1. The number of hydrogen-bond acceptors (Lipinski definition) is 5. The molecular weight excluding hydrogens is 267 g/mol.